The Morgan fingerprint density at radius 3 is 2.39 bits per heavy atom. The summed E-state index contributed by atoms with van der Waals surface area (Å²) in [5.41, 5.74) is 1.09. The number of nitrogens with one attached hydrogen (secondary N) is 1. The summed E-state index contributed by atoms with van der Waals surface area (Å²) >= 11 is 0. The van der Waals surface area contributed by atoms with Crippen molar-refractivity contribution in [3.05, 3.63) is 29.6 Å². The van der Waals surface area contributed by atoms with Crippen LogP contribution in [0.2, 0.25) is 0 Å². The summed E-state index contributed by atoms with van der Waals surface area (Å²) in [5.74, 6) is 0.560. The lowest BCUT2D eigenvalue weighted by molar-refractivity contribution is 0.0704. The molecule has 0 bridgehead atoms. The number of carbonyl (C=O) groups excluding carboxylic acids is 1. The van der Waals surface area contributed by atoms with Crippen LogP contribution in [-0.2, 0) is 0 Å². The van der Waals surface area contributed by atoms with Gasteiger partial charge in [-0.05, 0) is 62.9 Å². The average Bonchev–Trinajstić information content (AvgIpc) is 3.57. The molecule has 28 heavy (non-hydrogen) atoms. The Hall–Kier alpha value is -1.66. The van der Waals surface area contributed by atoms with E-state index >= 15 is 0 Å². The van der Waals surface area contributed by atoms with Crippen molar-refractivity contribution in [1.29, 1.82) is 0 Å². The number of amides is 1. The number of nitrogens with zero attached hydrogens (tertiary/aromatic N) is 3. The van der Waals surface area contributed by atoms with Crippen molar-refractivity contribution in [2.75, 3.05) is 57.3 Å². The van der Waals surface area contributed by atoms with Gasteiger partial charge in [0.15, 0.2) is 0 Å². The Morgan fingerprint density at radius 1 is 1.07 bits per heavy atom. The summed E-state index contributed by atoms with van der Waals surface area (Å²) in [7, 11) is 0. The minimum Gasteiger partial charge on any atom is -0.367 e. The first-order chi connectivity index (χ1) is 13.6. The number of likely N-dealkylation sites (tertiary alicyclic amines) is 1. The molecular formula is C22H33FN4O. The highest BCUT2D eigenvalue weighted by atomic mass is 19.1. The molecule has 3 fully saturated rings. The van der Waals surface area contributed by atoms with Gasteiger partial charge in [0.05, 0.1) is 5.69 Å². The van der Waals surface area contributed by atoms with Crippen LogP contribution >= 0.6 is 0 Å². The summed E-state index contributed by atoms with van der Waals surface area (Å²) in [5, 5.41) is 3.64. The second kappa shape index (κ2) is 8.78. The molecular weight excluding hydrogens is 355 g/mol. The van der Waals surface area contributed by atoms with Crippen molar-refractivity contribution in [3.63, 3.8) is 0 Å². The second-order valence-electron chi connectivity index (χ2n) is 8.51. The van der Waals surface area contributed by atoms with Crippen molar-refractivity contribution in [2.24, 2.45) is 5.92 Å². The molecule has 0 spiro atoms. The molecule has 0 unspecified atom stereocenters. The third-order valence-corrected chi connectivity index (χ3v) is 6.53. The predicted octanol–water partition coefficient (Wildman–Crippen LogP) is 2.57. The zero-order valence-electron chi connectivity index (χ0n) is 17.0. The van der Waals surface area contributed by atoms with Crippen molar-refractivity contribution in [2.45, 2.75) is 38.6 Å². The van der Waals surface area contributed by atoms with Crippen molar-refractivity contribution >= 4 is 11.6 Å². The van der Waals surface area contributed by atoms with Crippen molar-refractivity contribution < 1.29 is 9.18 Å². The molecule has 0 aromatic heterocycles. The van der Waals surface area contributed by atoms with E-state index < -0.39 is 0 Å². The van der Waals surface area contributed by atoms with Gasteiger partial charge in [0.2, 0.25) is 0 Å². The smallest absolute Gasteiger partial charge is 0.253 e. The lowest BCUT2D eigenvalue weighted by atomic mass is 10.0. The highest BCUT2D eigenvalue weighted by Crippen LogP contribution is 2.28. The van der Waals surface area contributed by atoms with Gasteiger partial charge in [-0.1, -0.05) is 6.92 Å². The molecule has 2 saturated heterocycles. The van der Waals surface area contributed by atoms with Crippen LogP contribution in [0.4, 0.5) is 10.1 Å². The van der Waals surface area contributed by atoms with E-state index in [0.29, 0.717) is 17.3 Å². The Morgan fingerprint density at radius 2 is 1.79 bits per heavy atom. The first kappa shape index (κ1) is 19.6. The van der Waals surface area contributed by atoms with Crippen LogP contribution in [0.15, 0.2) is 18.2 Å². The van der Waals surface area contributed by atoms with E-state index in [0.717, 1.165) is 71.1 Å². The van der Waals surface area contributed by atoms with Crippen LogP contribution in [0.1, 0.15) is 43.0 Å². The van der Waals surface area contributed by atoms with Gasteiger partial charge in [0, 0.05) is 50.9 Å². The topological polar surface area (TPSA) is 38.8 Å². The van der Waals surface area contributed by atoms with Crippen LogP contribution in [0.5, 0.6) is 0 Å². The predicted molar refractivity (Wildman–Crippen MR) is 110 cm³/mol. The summed E-state index contributed by atoms with van der Waals surface area (Å²) in [4.78, 5) is 19.2. The van der Waals surface area contributed by atoms with Crippen LogP contribution in [0.3, 0.4) is 0 Å². The summed E-state index contributed by atoms with van der Waals surface area (Å²) in [6.45, 7) is 9.41. The van der Waals surface area contributed by atoms with Gasteiger partial charge in [-0.25, -0.2) is 4.39 Å². The zero-order valence-corrected chi connectivity index (χ0v) is 17.0. The number of halogens is 1. The van der Waals surface area contributed by atoms with Gasteiger partial charge in [-0.2, -0.15) is 0 Å². The molecule has 1 N–H and O–H groups in total. The standard InChI is InChI=1S/C22H33FN4O/c1-2-25-11-13-26(14-12-25)21-6-5-18(15-20(21)23)22(28)27-9-7-19(8-10-27)24-16-17-3-4-17/h5-6,15,17,19,24H,2-4,7-14,16H2,1H3. The Kier molecular flexibility index (Phi) is 6.16. The quantitative estimate of drug-likeness (QED) is 0.813. The maximum absolute atomic E-state index is 14.7. The average molecular weight is 389 g/mol. The molecule has 0 radical (unpaired) electrons. The lowest BCUT2D eigenvalue weighted by Gasteiger charge is -2.36. The molecule has 1 aromatic rings. The van der Waals surface area contributed by atoms with Gasteiger partial charge in [0.25, 0.3) is 5.91 Å². The molecule has 2 heterocycles. The molecule has 154 valence electrons. The third-order valence-electron chi connectivity index (χ3n) is 6.53. The number of anilines is 1. The van der Waals surface area contributed by atoms with E-state index in [4.69, 9.17) is 0 Å². The Labute approximate surface area is 167 Å². The van der Waals surface area contributed by atoms with E-state index in [9.17, 15) is 9.18 Å². The number of rotatable bonds is 6. The summed E-state index contributed by atoms with van der Waals surface area (Å²) in [6, 6.07) is 5.53. The maximum atomic E-state index is 14.7. The number of hydrogen-bond acceptors (Lipinski definition) is 4. The number of benzene rings is 1. The van der Waals surface area contributed by atoms with Gasteiger partial charge in [-0.15, -0.1) is 0 Å². The van der Waals surface area contributed by atoms with E-state index in [1.807, 2.05) is 4.90 Å². The molecule has 3 aliphatic rings. The Balaban J connectivity index is 1.31. The number of likely N-dealkylation sites (N-methyl/N-ethyl adjacent to an activating group) is 1. The van der Waals surface area contributed by atoms with E-state index in [2.05, 4.69) is 22.0 Å². The Bertz CT molecular complexity index is 677. The van der Waals surface area contributed by atoms with Crippen molar-refractivity contribution in [3.8, 4) is 0 Å². The highest BCUT2D eigenvalue weighted by Gasteiger charge is 2.27. The molecule has 1 amide bonds. The molecule has 4 rings (SSSR count). The number of piperidine rings is 1. The lowest BCUT2D eigenvalue weighted by Crippen LogP contribution is -2.46. The van der Waals surface area contributed by atoms with Gasteiger partial charge in [0.1, 0.15) is 5.82 Å². The van der Waals surface area contributed by atoms with Gasteiger partial charge in [-0.3, -0.25) is 4.79 Å². The van der Waals surface area contributed by atoms with E-state index in [1.54, 1.807) is 12.1 Å². The molecule has 1 aromatic carbocycles. The maximum Gasteiger partial charge on any atom is 0.253 e. The van der Waals surface area contributed by atoms with Gasteiger partial charge < -0.3 is 20.0 Å². The molecule has 2 aliphatic heterocycles. The molecule has 5 nitrogen and oxygen atoms in total. The van der Waals surface area contributed by atoms with Crippen LogP contribution in [0.25, 0.3) is 0 Å². The van der Waals surface area contributed by atoms with Gasteiger partial charge >= 0.3 is 0 Å². The van der Waals surface area contributed by atoms with Crippen molar-refractivity contribution in [1.82, 2.24) is 15.1 Å². The summed E-state index contributed by atoms with van der Waals surface area (Å²) in [6.07, 6.45) is 4.70. The minimum atomic E-state index is -0.281. The molecule has 6 heteroatoms. The minimum absolute atomic E-state index is 0.0399. The zero-order chi connectivity index (χ0) is 19.5. The fraction of sp³-hybridized carbons (Fsp3) is 0.682. The summed E-state index contributed by atoms with van der Waals surface area (Å²) < 4.78 is 14.7. The SMILES string of the molecule is CCN1CCN(c2ccc(C(=O)N3CCC(NCC4CC4)CC3)cc2F)CC1. The van der Waals surface area contributed by atoms with Crippen LogP contribution in [-0.4, -0.2) is 74.1 Å². The number of carbonyl (C=O) groups is 1. The first-order valence-electron chi connectivity index (χ1n) is 10.9. The van der Waals surface area contributed by atoms with Crippen LogP contribution in [0, 0.1) is 11.7 Å². The third kappa shape index (κ3) is 4.66. The fourth-order valence-electron chi connectivity index (χ4n) is 4.33. The highest BCUT2D eigenvalue weighted by molar-refractivity contribution is 5.94. The first-order valence-corrected chi connectivity index (χ1v) is 10.9. The van der Waals surface area contributed by atoms with E-state index in [1.165, 1.54) is 18.9 Å². The molecule has 1 aliphatic carbocycles. The largest absolute Gasteiger partial charge is 0.367 e. The molecule has 1 saturated carbocycles. The second-order valence-corrected chi connectivity index (χ2v) is 8.51. The monoisotopic (exact) mass is 388 g/mol. The number of piperazine rings is 1. The normalized spacial score (nSPS) is 21.9. The van der Waals surface area contributed by atoms with Crippen LogP contribution < -0.4 is 10.2 Å². The number of hydrogen-bond donors (Lipinski definition) is 1. The fourth-order valence-corrected chi connectivity index (χ4v) is 4.33. The van der Waals surface area contributed by atoms with E-state index in [-0.39, 0.29) is 11.7 Å². The molecule has 0 atom stereocenters.